The van der Waals surface area contributed by atoms with Crippen LogP contribution in [0.4, 0.5) is 0 Å². The molecule has 2 nitrogen and oxygen atoms in total. The van der Waals surface area contributed by atoms with Crippen LogP contribution in [0.25, 0.3) is 0 Å². The lowest BCUT2D eigenvalue weighted by Crippen LogP contribution is -2.03. The summed E-state index contributed by atoms with van der Waals surface area (Å²) in [6.07, 6.45) is 5.37. The summed E-state index contributed by atoms with van der Waals surface area (Å²) in [5.41, 5.74) is 0. The van der Waals surface area contributed by atoms with Crippen LogP contribution in [0.2, 0.25) is 0 Å². The fraction of sp³-hybridized carbons (Fsp3) is 0.714. The van der Waals surface area contributed by atoms with Crippen molar-refractivity contribution in [1.82, 2.24) is 0 Å². The van der Waals surface area contributed by atoms with E-state index < -0.39 is 0 Å². The predicted octanol–water partition coefficient (Wildman–Crippen LogP) is 1.69. The highest BCUT2D eigenvalue weighted by Crippen LogP contribution is 2.22. The fourth-order valence-corrected chi connectivity index (χ4v) is 1.20. The second-order valence-electron chi connectivity index (χ2n) is 2.65. The maximum Gasteiger partial charge on any atom is 0.0882 e. The van der Waals surface area contributed by atoms with Crippen molar-refractivity contribution in [3.8, 4) is 0 Å². The van der Waals surface area contributed by atoms with Crippen molar-refractivity contribution in [3.63, 3.8) is 0 Å². The van der Waals surface area contributed by atoms with Gasteiger partial charge < -0.3 is 0 Å². The Kier molecular flexibility index (Phi) is 2.25. The fourth-order valence-electron chi connectivity index (χ4n) is 1.20. The van der Waals surface area contributed by atoms with E-state index in [-0.39, 0.29) is 0 Å². The molecule has 1 N–H and O–H groups in total. The summed E-state index contributed by atoms with van der Waals surface area (Å²) in [6, 6.07) is 0. The number of hydrogen-bond donors (Lipinski definition) is 1. The van der Waals surface area contributed by atoms with Gasteiger partial charge in [0, 0.05) is 5.92 Å². The molecule has 1 aliphatic rings. The van der Waals surface area contributed by atoms with Crippen LogP contribution in [-0.4, -0.2) is 11.9 Å². The highest BCUT2D eigenvalue weighted by Gasteiger charge is 2.14. The van der Waals surface area contributed by atoms with Gasteiger partial charge in [-0.2, -0.15) is 0 Å². The lowest BCUT2D eigenvalue weighted by Gasteiger charge is -2.04. The molecule has 0 saturated heterocycles. The number of hydrogen-bond acceptors (Lipinski definition) is 2. The standard InChI is InChI=1S/C7H12O2/c1-6-2-3-7(4-6)5-9-8/h2-3,6-8H,4-5H2,1H3. The van der Waals surface area contributed by atoms with Crippen molar-refractivity contribution in [1.29, 1.82) is 0 Å². The van der Waals surface area contributed by atoms with Crippen molar-refractivity contribution in [3.05, 3.63) is 12.2 Å². The molecule has 0 bridgehead atoms. The van der Waals surface area contributed by atoms with Crippen molar-refractivity contribution in [2.75, 3.05) is 6.61 Å². The van der Waals surface area contributed by atoms with E-state index in [1.165, 1.54) is 0 Å². The first-order valence-electron chi connectivity index (χ1n) is 3.27. The van der Waals surface area contributed by atoms with Gasteiger partial charge in [-0.15, -0.1) is 0 Å². The Balaban J connectivity index is 2.24. The first-order valence-corrected chi connectivity index (χ1v) is 3.27. The molecule has 0 aromatic carbocycles. The Morgan fingerprint density at radius 1 is 1.67 bits per heavy atom. The van der Waals surface area contributed by atoms with Crippen molar-refractivity contribution < 1.29 is 10.1 Å². The van der Waals surface area contributed by atoms with Gasteiger partial charge in [-0.05, 0) is 12.3 Å². The molecule has 0 saturated carbocycles. The van der Waals surface area contributed by atoms with Crippen LogP contribution < -0.4 is 0 Å². The SMILES string of the molecule is CC1C=CC(COO)C1. The van der Waals surface area contributed by atoms with Crippen molar-refractivity contribution >= 4 is 0 Å². The third-order valence-electron chi connectivity index (χ3n) is 1.67. The number of rotatable bonds is 2. The molecule has 1 aliphatic carbocycles. The molecular formula is C7H12O2. The summed E-state index contributed by atoms with van der Waals surface area (Å²) in [4.78, 5) is 4.02. The van der Waals surface area contributed by atoms with E-state index in [1.54, 1.807) is 0 Å². The first kappa shape index (κ1) is 6.78. The summed E-state index contributed by atoms with van der Waals surface area (Å²) in [7, 11) is 0. The van der Waals surface area contributed by atoms with Gasteiger partial charge in [-0.3, -0.25) is 5.26 Å². The Morgan fingerprint density at radius 2 is 2.44 bits per heavy atom. The van der Waals surface area contributed by atoms with Crippen LogP contribution in [0.1, 0.15) is 13.3 Å². The van der Waals surface area contributed by atoms with E-state index >= 15 is 0 Å². The largest absolute Gasteiger partial charge is 0.252 e. The maximum absolute atomic E-state index is 8.08. The summed E-state index contributed by atoms with van der Waals surface area (Å²) in [6.45, 7) is 2.61. The van der Waals surface area contributed by atoms with E-state index in [4.69, 9.17) is 5.26 Å². The third-order valence-corrected chi connectivity index (χ3v) is 1.67. The first-order chi connectivity index (χ1) is 4.33. The van der Waals surface area contributed by atoms with Gasteiger partial charge in [-0.25, -0.2) is 4.89 Å². The molecule has 0 aromatic rings. The molecule has 2 heteroatoms. The zero-order valence-corrected chi connectivity index (χ0v) is 5.58. The molecule has 2 unspecified atom stereocenters. The molecule has 52 valence electrons. The van der Waals surface area contributed by atoms with Gasteiger partial charge in [0.05, 0.1) is 6.61 Å². The van der Waals surface area contributed by atoms with Gasteiger partial charge in [-0.1, -0.05) is 19.1 Å². The third kappa shape index (κ3) is 1.80. The van der Waals surface area contributed by atoms with E-state index in [9.17, 15) is 0 Å². The zero-order chi connectivity index (χ0) is 6.69. The molecule has 0 heterocycles. The topological polar surface area (TPSA) is 29.5 Å². The molecule has 0 radical (unpaired) electrons. The van der Waals surface area contributed by atoms with E-state index in [2.05, 4.69) is 24.0 Å². The van der Waals surface area contributed by atoms with Gasteiger partial charge in [0.15, 0.2) is 0 Å². The normalized spacial score (nSPS) is 33.6. The van der Waals surface area contributed by atoms with E-state index in [0.29, 0.717) is 18.4 Å². The molecule has 0 amide bonds. The van der Waals surface area contributed by atoms with E-state index in [1.807, 2.05) is 0 Å². The highest BCUT2D eigenvalue weighted by molar-refractivity contribution is 4.99. The molecule has 1 rings (SSSR count). The van der Waals surface area contributed by atoms with Crippen molar-refractivity contribution in [2.24, 2.45) is 11.8 Å². The summed E-state index contributed by atoms with van der Waals surface area (Å²) in [5.74, 6) is 1.09. The summed E-state index contributed by atoms with van der Waals surface area (Å²) >= 11 is 0. The number of allylic oxidation sites excluding steroid dienone is 1. The molecule has 0 aliphatic heterocycles. The summed E-state index contributed by atoms with van der Waals surface area (Å²) in [5, 5.41) is 8.08. The Morgan fingerprint density at radius 3 is 2.89 bits per heavy atom. The quantitative estimate of drug-likeness (QED) is 0.348. The van der Waals surface area contributed by atoms with E-state index in [0.717, 1.165) is 6.42 Å². The molecule has 0 fully saturated rings. The van der Waals surface area contributed by atoms with Gasteiger partial charge in [0.1, 0.15) is 0 Å². The molecule has 9 heavy (non-hydrogen) atoms. The highest BCUT2D eigenvalue weighted by atomic mass is 17.1. The zero-order valence-electron chi connectivity index (χ0n) is 5.58. The van der Waals surface area contributed by atoms with Gasteiger partial charge in [0.25, 0.3) is 0 Å². The summed E-state index contributed by atoms with van der Waals surface area (Å²) < 4.78 is 0. The Labute approximate surface area is 55.1 Å². The van der Waals surface area contributed by atoms with Crippen molar-refractivity contribution in [2.45, 2.75) is 13.3 Å². The lowest BCUT2D eigenvalue weighted by molar-refractivity contribution is -0.248. The van der Waals surface area contributed by atoms with Crippen LogP contribution in [0, 0.1) is 11.8 Å². The average Bonchev–Trinajstić information content (AvgIpc) is 2.17. The minimum absolute atomic E-state index is 0.435. The maximum atomic E-state index is 8.08. The van der Waals surface area contributed by atoms with Crippen LogP contribution in [0.3, 0.4) is 0 Å². The van der Waals surface area contributed by atoms with Crippen LogP contribution in [-0.2, 0) is 4.89 Å². The van der Waals surface area contributed by atoms with Crippen LogP contribution in [0.15, 0.2) is 12.2 Å². The average molecular weight is 128 g/mol. The smallest absolute Gasteiger partial charge is 0.0882 e. The molecule has 0 aromatic heterocycles. The van der Waals surface area contributed by atoms with Gasteiger partial charge in [0.2, 0.25) is 0 Å². The molecule has 2 atom stereocenters. The predicted molar refractivity (Wildman–Crippen MR) is 35.0 cm³/mol. The minimum atomic E-state index is 0.435. The Bertz CT molecular complexity index is 109. The second-order valence-corrected chi connectivity index (χ2v) is 2.65. The van der Waals surface area contributed by atoms with Crippen LogP contribution in [0.5, 0.6) is 0 Å². The second kappa shape index (κ2) is 2.99. The molecular weight excluding hydrogens is 116 g/mol. The van der Waals surface area contributed by atoms with Gasteiger partial charge >= 0.3 is 0 Å². The van der Waals surface area contributed by atoms with Crippen LogP contribution >= 0.6 is 0 Å². The monoisotopic (exact) mass is 128 g/mol. The minimum Gasteiger partial charge on any atom is -0.252 e. The molecule has 0 spiro atoms. The lowest BCUT2D eigenvalue weighted by atomic mass is 10.1. The Hall–Kier alpha value is -0.340.